The second-order valence-corrected chi connectivity index (χ2v) is 58.7. The van der Waals surface area contributed by atoms with Crippen molar-refractivity contribution in [2.75, 3.05) is 7.15 Å². The van der Waals surface area contributed by atoms with Crippen molar-refractivity contribution in [1.82, 2.24) is 0 Å². The minimum atomic E-state index is -5.38. The summed E-state index contributed by atoms with van der Waals surface area (Å²) in [6, 6.07) is 0. The van der Waals surface area contributed by atoms with E-state index < -0.39 is 32.3 Å². The maximum absolute atomic E-state index is 9.96. The van der Waals surface area contributed by atoms with Crippen molar-refractivity contribution in [2.45, 2.75) is 7.43 Å². The third kappa shape index (κ3) is 118. The summed E-state index contributed by atoms with van der Waals surface area (Å²) in [5.74, 6) is 0. The molecule has 0 atom stereocenters. The molecule has 18 heteroatoms. The second kappa shape index (κ2) is 20.9. The van der Waals surface area contributed by atoms with Crippen molar-refractivity contribution >= 4 is 183 Å². The van der Waals surface area contributed by atoms with Crippen LogP contribution in [-0.2, 0) is 25.2 Å². The zero-order valence-electron chi connectivity index (χ0n) is 11.2. The zero-order chi connectivity index (χ0) is 18.3. The molecule has 0 spiro atoms. The molecule has 0 radical (unpaired) electrons. The summed E-state index contributed by atoms with van der Waals surface area (Å²) < 4.78 is 51.8. The molecule has 0 heterocycles. The summed E-state index contributed by atoms with van der Waals surface area (Å²) in [4.78, 5) is 0. The molecule has 4 nitrogen and oxygen atoms in total. The van der Waals surface area contributed by atoms with Gasteiger partial charge in [0.1, 0.15) is 0 Å². The SMILES string of the molecule is C.O=S(=O)=S(=O)=O.[2H]CF.[Cl][Os]([Cl])([Cl])([Cl])([Cl])[Cl].[K][K].[Na][Na]. The second-order valence-electron chi connectivity index (χ2n) is 1.17. The van der Waals surface area contributed by atoms with E-state index in [9.17, 15) is 4.39 Å². The average Bonchev–Trinajstić information content (AvgIpc) is 2.20. The summed E-state index contributed by atoms with van der Waals surface area (Å²) in [7, 11) is 23.5. The van der Waals surface area contributed by atoms with Crippen LogP contribution in [0.4, 0.5) is 4.39 Å². The maximum atomic E-state index is 9.96. The number of alkyl halides is 1. The molecule has 0 aromatic heterocycles. The van der Waals surface area contributed by atoms with Gasteiger partial charge in [-0.2, -0.15) is 16.8 Å². The Morgan fingerprint density at radius 3 is 1.00 bits per heavy atom. The van der Waals surface area contributed by atoms with Crippen molar-refractivity contribution in [2.24, 2.45) is 0 Å². The first-order valence-corrected chi connectivity index (χ1v) is 49.5. The van der Waals surface area contributed by atoms with Crippen LogP contribution in [0.5, 0.6) is 0 Å². The molecular weight excluding hydrogens is 698 g/mol. The Morgan fingerprint density at radius 2 is 1.00 bits per heavy atom. The Bertz CT molecular complexity index is 400. The van der Waals surface area contributed by atoms with Gasteiger partial charge in [0, 0.05) is 0 Å². The van der Waals surface area contributed by atoms with E-state index in [0.29, 0.717) is 0 Å². The van der Waals surface area contributed by atoms with Crippen molar-refractivity contribution in [3.8, 4) is 0 Å². The summed E-state index contributed by atoms with van der Waals surface area (Å²) in [5, 5.41) is 0. The van der Waals surface area contributed by atoms with Gasteiger partial charge in [0.25, 0.3) is 0 Å². The van der Waals surface area contributed by atoms with E-state index >= 15 is 0 Å². The van der Waals surface area contributed by atoms with E-state index in [1.54, 1.807) is 0 Å². The van der Waals surface area contributed by atoms with Gasteiger partial charge in [0.05, 0.1) is 8.52 Å². The molecule has 0 aliphatic rings. The fourth-order valence-corrected chi connectivity index (χ4v) is 0. The van der Waals surface area contributed by atoms with Gasteiger partial charge in [0.15, 0.2) is 0 Å². The summed E-state index contributed by atoms with van der Waals surface area (Å²) in [5.41, 5.74) is 0. The van der Waals surface area contributed by atoms with E-state index in [1.165, 1.54) is 107 Å². The molecule has 20 heavy (non-hydrogen) atoms. The Labute approximate surface area is 218 Å². The van der Waals surface area contributed by atoms with Crippen LogP contribution in [0.15, 0.2) is 0 Å². The Kier molecular flexibility index (Phi) is 39.7. The van der Waals surface area contributed by atoms with Crippen LogP contribution in [0, 0.1) is 0 Å². The minimum absolute atomic E-state index is 0. The van der Waals surface area contributed by atoms with Gasteiger partial charge in [-0.1, -0.05) is 7.43 Å². The third-order valence-electron chi connectivity index (χ3n) is 0.111. The van der Waals surface area contributed by atoms with Crippen molar-refractivity contribution in [1.29, 1.82) is 0 Å². The quantitative estimate of drug-likeness (QED) is 0.364. The molecule has 0 bridgehead atoms. The summed E-state index contributed by atoms with van der Waals surface area (Å²) in [6.07, 6.45) is 0. The van der Waals surface area contributed by atoms with Gasteiger partial charge in [-0.25, -0.2) is 0 Å². The molecule has 112 valence electrons. The third-order valence-corrected chi connectivity index (χ3v) is 1.00. The van der Waals surface area contributed by atoms with E-state index in [0.717, 1.165) is 0 Å². The van der Waals surface area contributed by atoms with Crippen LogP contribution in [-0.4, -0.2) is 131 Å². The van der Waals surface area contributed by atoms with Gasteiger partial charge >= 0.3 is 190 Å². The Balaban J connectivity index is -0.0000000367. The van der Waals surface area contributed by atoms with Crippen LogP contribution in [0.3, 0.4) is 0 Å². The molecule has 0 saturated carbocycles. The number of rotatable bonds is 0. The summed E-state index contributed by atoms with van der Waals surface area (Å²) in [6.45, 7) is -5.38. The fourth-order valence-electron chi connectivity index (χ4n) is 0. The van der Waals surface area contributed by atoms with E-state index in [-0.39, 0.29) is 7.43 Å². The first-order chi connectivity index (χ1) is 8.51. The number of hydrogen-bond donors (Lipinski definition) is 0. The molecule has 0 saturated heterocycles. The van der Waals surface area contributed by atoms with Gasteiger partial charge < -0.3 is 0 Å². The average molecular weight is 706 g/mol. The van der Waals surface area contributed by atoms with Crippen LogP contribution < -0.4 is 0 Å². The van der Waals surface area contributed by atoms with Crippen LogP contribution >= 0.6 is 57.8 Å². The van der Waals surface area contributed by atoms with Gasteiger partial charge in [-0.15, -0.1) is 0 Å². The molecule has 0 fully saturated rings. The molecule has 0 N–H and O–H groups in total. The molecule has 0 aliphatic heterocycles. The van der Waals surface area contributed by atoms with Gasteiger partial charge in [-0.3, -0.25) is 4.39 Å². The topological polar surface area (TPSA) is 68.3 Å². The zero-order valence-corrected chi connectivity index (χ0v) is 29.1. The van der Waals surface area contributed by atoms with Crippen LogP contribution in [0.25, 0.3) is 0 Å². The Morgan fingerprint density at radius 1 is 0.950 bits per heavy atom. The van der Waals surface area contributed by atoms with E-state index in [2.05, 4.69) is 0 Å². The van der Waals surface area contributed by atoms with Gasteiger partial charge in [-0.05, 0) is 0 Å². The molecule has 0 aromatic carbocycles. The normalized spacial score (nSPS) is 12.1. The predicted octanol–water partition coefficient (Wildman–Crippen LogP) is 2.49. The summed E-state index contributed by atoms with van der Waals surface area (Å²) >= 11 is 5.39. The molecule has 0 rings (SSSR count). The van der Waals surface area contributed by atoms with Crippen LogP contribution in [0.1, 0.15) is 8.80 Å². The standard InChI is InChI=1S/CH3F.CH4.6ClH.2K.2Na.O4S2.Os/c1-2;;;;;;;;;;;;1-5(2)6(3)4;/h1H3;1H4;6*1H;;;;;;/q;;;;;;;;;;;;;+6/p-6/i1D;;;;;;;;;;;;;. The monoisotopic (exact) mass is 705 g/mol. The molecule has 0 unspecified atom stereocenters. The molecule has 0 amide bonds. The molecule has 0 aliphatic carbocycles. The Hall–Kier alpha value is 7.22. The number of halogens is 7. The number of hydrogen-bond acceptors (Lipinski definition) is 4. The van der Waals surface area contributed by atoms with Crippen molar-refractivity contribution in [3.05, 3.63) is 0 Å². The van der Waals surface area contributed by atoms with Crippen LogP contribution in [0.2, 0.25) is 0 Å². The first-order valence-electron chi connectivity index (χ1n) is 4.61. The van der Waals surface area contributed by atoms with Crippen molar-refractivity contribution in [3.63, 3.8) is 0 Å². The molecular formula is C2H7Cl6FK2Na2O4OsS2. The van der Waals surface area contributed by atoms with Crippen molar-refractivity contribution < 1.29 is 29.2 Å². The predicted molar refractivity (Wildman–Crippen MR) is 89.7 cm³/mol. The first kappa shape index (κ1) is 37.9. The fraction of sp³-hybridized carbons (Fsp3) is 1.00. The molecule has 0 aromatic rings. The van der Waals surface area contributed by atoms with E-state index in [1.807, 2.05) is 0 Å². The van der Waals surface area contributed by atoms with E-state index in [4.69, 9.17) is 76.0 Å². The van der Waals surface area contributed by atoms with Gasteiger partial charge in [0.2, 0.25) is 0 Å².